The normalized spacial score (nSPS) is 13.9. The zero-order chi connectivity index (χ0) is 30.3. The molecule has 0 aromatic heterocycles. The van der Waals surface area contributed by atoms with Crippen LogP contribution in [-0.4, -0.2) is 6.71 Å². The van der Waals surface area contributed by atoms with Gasteiger partial charge in [-0.05, 0) is 99.7 Å². The quantitative estimate of drug-likeness (QED) is 0.195. The van der Waals surface area contributed by atoms with Crippen LogP contribution in [0.1, 0.15) is 63.8 Å². The predicted molar refractivity (Wildman–Crippen MR) is 187 cm³/mol. The summed E-state index contributed by atoms with van der Waals surface area (Å²) < 4.78 is 0. The Hall–Kier alpha value is -4.24. The van der Waals surface area contributed by atoms with Gasteiger partial charge in [0.05, 0.1) is 0 Å². The van der Waals surface area contributed by atoms with Crippen LogP contribution >= 0.6 is 0 Å². The van der Waals surface area contributed by atoms with Crippen LogP contribution in [0, 0.1) is 13.8 Å². The summed E-state index contributed by atoms with van der Waals surface area (Å²) in [5, 5.41) is 0. The Kier molecular flexibility index (Phi) is 6.19. The molecule has 5 aromatic carbocycles. The number of hydrogen-bond donors (Lipinski definition) is 0. The van der Waals surface area contributed by atoms with E-state index in [0.717, 1.165) is 0 Å². The molecule has 0 radical (unpaired) electrons. The van der Waals surface area contributed by atoms with Gasteiger partial charge >= 0.3 is 0 Å². The molecule has 2 nitrogen and oxygen atoms in total. The van der Waals surface area contributed by atoms with E-state index in [1.165, 1.54) is 72.8 Å². The van der Waals surface area contributed by atoms with Crippen LogP contribution in [0.3, 0.4) is 0 Å². The highest BCUT2D eigenvalue weighted by molar-refractivity contribution is 7.00. The van der Waals surface area contributed by atoms with Crippen LogP contribution in [0.25, 0.3) is 0 Å². The summed E-state index contributed by atoms with van der Waals surface area (Å²) in [6, 6.07) is 38.8. The highest BCUT2D eigenvalue weighted by Gasteiger charge is 2.44. The lowest BCUT2D eigenvalue weighted by atomic mass is 9.33. The van der Waals surface area contributed by atoms with Crippen molar-refractivity contribution in [2.24, 2.45) is 0 Å². The van der Waals surface area contributed by atoms with Crippen molar-refractivity contribution in [3.05, 3.63) is 125 Å². The van der Waals surface area contributed by atoms with E-state index in [0.29, 0.717) is 0 Å². The maximum atomic E-state index is 2.56. The molecule has 0 bridgehead atoms. The minimum Gasteiger partial charge on any atom is -0.311 e. The second-order valence-electron chi connectivity index (χ2n) is 14.4. The molecule has 0 unspecified atom stereocenters. The number of para-hydroxylation sites is 3. The van der Waals surface area contributed by atoms with E-state index in [9.17, 15) is 0 Å². The number of aryl methyl sites for hydroxylation is 2. The minimum absolute atomic E-state index is 0.0274. The minimum atomic E-state index is -0.0274. The van der Waals surface area contributed by atoms with Crippen LogP contribution in [0.2, 0.25) is 0 Å². The molecule has 0 amide bonds. The van der Waals surface area contributed by atoms with Gasteiger partial charge in [-0.1, -0.05) is 108 Å². The van der Waals surface area contributed by atoms with Crippen LogP contribution < -0.4 is 26.2 Å². The maximum absolute atomic E-state index is 2.56. The van der Waals surface area contributed by atoms with Gasteiger partial charge in [0.15, 0.2) is 0 Å². The fourth-order valence-corrected chi connectivity index (χ4v) is 7.04. The first-order valence-electron chi connectivity index (χ1n) is 15.6. The summed E-state index contributed by atoms with van der Waals surface area (Å²) in [5.41, 5.74) is 17.0. The Bertz CT molecular complexity index is 1870. The summed E-state index contributed by atoms with van der Waals surface area (Å²) in [6.45, 7) is 18.6. The van der Waals surface area contributed by atoms with Crippen molar-refractivity contribution in [3.63, 3.8) is 0 Å². The molecule has 5 aromatic rings. The molecule has 43 heavy (non-hydrogen) atoms. The lowest BCUT2D eigenvalue weighted by Gasteiger charge is -2.46. The number of anilines is 6. The van der Waals surface area contributed by atoms with E-state index in [4.69, 9.17) is 0 Å². The van der Waals surface area contributed by atoms with E-state index in [-0.39, 0.29) is 17.5 Å². The highest BCUT2D eigenvalue weighted by Crippen LogP contribution is 2.47. The van der Waals surface area contributed by atoms with E-state index >= 15 is 0 Å². The van der Waals surface area contributed by atoms with Gasteiger partial charge in [0.1, 0.15) is 0 Å². The lowest BCUT2D eigenvalue weighted by molar-refractivity contribution is 0.590. The van der Waals surface area contributed by atoms with Crippen molar-refractivity contribution in [1.29, 1.82) is 0 Å². The van der Waals surface area contributed by atoms with Gasteiger partial charge in [0.25, 0.3) is 6.71 Å². The molecular weight excluding hydrogens is 519 g/mol. The van der Waals surface area contributed by atoms with Gasteiger partial charge in [-0.2, -0.15) is 0 Å². The van der Waals surface area contributed by atoms with Crippen LogP contribution in [-0.2, 0) is 10.8 Å². The highest BCUT2D eigenvalue weighted by atomic mass is 15.2. The zero-order valence-corrected chi connectivity index (χ0v) is 26.8. The monoisotopic (exact) mass is 560 g/mol. The molecule has 0 saturated heterocycles. The van der Waals surface area contributed by atoms with Gasteiger partial charge in [-0.15, -0.1) is 0 Å². The Morgan fingerprint density at radius 3 is 1.77 bits per heavy atom. The fourth-order valence-electron chi connectivity index (χ4n) is 7.04. The number of hydrogen-bond acceptors (Lipinski definition) is 2. The number of nitrogens with zero attached hydrogens (tertiary/aromatic N) is 2. The topological polar surface area (TPSA) is 6.48 Å². The predicted octanol–water partition coefficient (Wildman–Crippen LogP) is 8.98. The molecule has 7 rings (SSSR count). The van der Waals surface area contributed by atoms with Gasteiger partial charge in [0.2, 0.25) is 0 Å². The Balaban J connectivity index is 1.65. The van der Waals surface area contributed by atoms with E-state index in [1.54, 1.807) is 0 Å². The summed E-state index contributed by atoms with van der Waals surface area (Å²) in [5.74, 6) is 0. The average molecular weight is 561 g/mol. The first-order valence-corrected chi connectivity index (χ1v) is 15.6. The number of rotatable bonds is 2. The number of fused-ring (bicyclic) bond motifs is 4. The van der Waals surface area contributed by atoms with Gasteiger partial charge in [-0.25, -0.2) is 0 Å². The second kappa shape index (κ2) is 9.64. The molecule has 2 aliphatic rings. The van der Waals surface area contributed by atoms with Gasteiger partial charge < -0.3 is 9.80 Å². The third kappa shape index (κ3) is 4.32. The van der Waals surface area contributed by atoms with Crippen LogP contribution in [0.15, 0.2) is 103 Å². The average Bonchev–Trinajstić information content (AvgIpc) is 2.97. The molecular formula is C40H41BN2. The van der Waals surface area contributed by atoms with Crippen molar-refractivity contribution in [2.75, 3.05) is 9.80 Å². The Labute approximate surface area is 258 Å². The molecule has 0 N–H and O–H groups in total. The SMILES string of the molecule is Cc1ccccc1N1c2cc(C(C)(C)C)cc3c2B(c2ccc(C(C)(C)C)cc2N3c2ccccc2)c2cccc(C)c21. The van der Waals surface area contributed by atoms with Crippen molar-refractivity contribution in [3.8, 4) is 0 Å². The van der Waals surface area contributed by atoms with Gasteiger partial charge in [-0.3, -0.25) is 0 Å². The molecule has 0 atom stereocenters. The third-order valence-corrected chi connectivity index (χ3v) is 9.40. The molecule has 0 saturated carbocycles. The number of benzene rings is 5. The van der Waals surface area contributed by atoms with Crippen LogP contribution in [0.5, 0.6) is 0 Å². The van der Waals surface area contributed by atoms with E-state index < -0.39 is 0 Å². The summed E-state index contributed by atoms with van der Waals surface area (Å²) in [6.07, 6.45) is 0. The maximum Gasteiger partial charge on any atom is 0.252 e. The standard InChI is InChI=1S/C40H41BN2/c1-26-15-12-13-20-33(26)43-36-25-29(40(6,7)8)24-35-37(36)41(32-19-14-16-27(2)38(32)43)31-22-21-28(39(3,4)5)23-34(31)42(35)30-17-10-9-11-18-30/h9-25H,1-8H3. The van der Waals surface area contributed by atoms with Crippen LogP contribution in [0.4, 0.5) is 34.1 Å². The van der Waals surface area contributed by atoms with Crippen molar-refractivity contribution < 1.29 is 0 Å². The molecule has 0 fully saturated rings. The van der Waals surface area contributed by atoms with Crippen molar-refractivity contribution >= 4 is 57.2 Å². The van der Waals surface area contributed by atoms with E-state index in [1.807, 2.05) is 0 Å². The lowest BCUT2D eigenvalue weighted by Crippen LogP contribution is -2.61. The Morgan fingerprint density at radius 2 is 1.09 bits per heavy atom. The Morgan fingerprint density at radius 1 is 0.488 bits per heavy atom. The largest absolute Gasteiger partial charge is 0.311 e. The van der Waals surface area contributed by atoms with Crippen molar-refractivity contribution in [2.45, 2.75) is 66.2 Å². The fraction of sp³-hybridized carbons (Fsp3) is 0.250. The molecule has 0 spiro atoms. The third-order valence-electron chi connectivity index (χ3n) is 9.40. The zero-order valence-electron chi connectivity index (χ0n) is 26.8. The van der Waals surface area contributed by atoms with Crippen molar-refractivity contribution in [1.82, 2.24) is 0 Å². The molecule has 2 aliphatic heterocycles. The molecule has 0 aliphatic carbocycles. The molecule has 2 heterocycles. The first kappa shape index (κ1) is 27.6. The first-order chi connectivity index (χ1) is 20.4. The summed E-state index contributed by atoms with van der Waals surface area (Å²) in [7, 11) is 0. The molecule has 3 heteroatoms. The molecule has 214 valence electrons. The summed E-state index contributed by atoms with van der Waals surface area (Å²) in [4.78, 5) is 5.09. The second-order valence-corrected chi connectivity index (χ2v) is 14.4. The van der Waals surface area contributed by atoms with E-state index in [2.05, 4.69) is 168 Å². The van der Waals surface area contributed by atoms with Gasteiger partial charge in [0, 0.05) is 34.1 Å². The smallest absolute Gasteiger partial charge is 0.252 e. The summed E-state index contributed by atoms with van der Waals surface area (Å²) >= 11 is 0.